The molecule has 1 aliphatic carbocycles. The molecule has 0 heterocycles. The lowest BCUT2D eigenvalue weighted by Crippen LogP contribution is -2.14. The molecule has 0 saturated heterocycles. The number of ether oxygens (including phenoxy) is 1. The zero-order valence-electron chi connectivity index (χ0n) is 9.53. The number of sulfonamides is 1. The Morgan fingerprint density at radius 2 is 1.78 bits per heavy atom. The Bertz CT molecular complexity index is 554. The van der Waals surface area contributed by atoms with Crippen LogP contribution in [0.25, 0.3) is 0 Å². The number of hydrogen-bond donors (Lipinski definition) is 1. The Morgan fingerprint density at radius 1 is 1.17 bits per heavy atom. The molecule has 1 aliphatic rings. The minimum Gasteiger partial charge on any atom is -0.489 e. The third-order valence-electron chi connectivity index (χ3n) is 2.91. The summed E-state index contributed by atoms with van der Waals surface area (Å²) in [4.78, 5) is -0.187. The van der Waals surface area contributed by atoms with Gasteiger partial charge in [0.15, 0.2) is 0 Å². The molecule has 0 spiro atoms. The summed E-state index contributed by atoms with van der Waals surface area (Å²) in [5.74, 6) is 0.404. The molecule has 1 saturated carbocycles. The fourth-order valence-corrected chi connectivity index (χ4v) is 3.36. The van der Waals surface area contributed by atoms with Crippen molar-refractivity contribution in [3.8, 4) is 5.75 Å². The van der Waals surface area contributed by atoms with Crippen molar-refractivity contribution in [2.75, 3.05) is 0 Å². The van der Waals surface area contributed by atoms with Crippen LogP contribution in [0, 0.1) is 0 Å². The first kappa shape index (κ1) is 13.9. The van der Waals surface area contributed by atoms with Gasteiger partial charge in [-0.05, 0) is 37.8 Å². The van der Waals surface area contributed by atoms with Gasteiger partial charge in [0.2, 0.25) is 10.0 Å². The molecule has 0 amide bonds. The molecule has 0 bridgehead atoms. The predicted octanol–water partition coefficient (Wildman–Crippen LogP) is 2.96. The summed E-state index contributed by atoms with van der Waals surface area (Å²) in [5, 5.41) is 5.03. The maximum Gasteiger partial charge on any atom is 0.239 e. The smallest absolute Gasteiger partial charge is 0.239 e. The minimum atomic E-state index is -3.87. The van der Waals surface area contributed by atoms with E-state index in [0.29, 0.717) is 5.75 Å². The van der Waals surface area contributed by atoms with Crippen LogP contribution in [0.3, 0.4) is 0 Å². The van der Waals surface area contributed by atoms with E-state index in [9.17, 15) is 8.42 Å². The van der Waals surface area contributed by atoms with E-state index in [1.54, 1.807) is 0 Å². The molecule has 1 fully saturated rings. The molecule has 0 aliphatic heterocycles. The number of nitrogens with two attached hydrogens (primary N) is 1. The van der Waals surface area contributed by atoms with Crippen molar-refractivity contribution in [2.45, 2.75) is 36.7 Å². The van der Waals surface area contributed by atoms with Crippen LogP contribution in [0.4, 0.5) is 0 Å². The van der Waals surface area contributed by atoms with E-state index in [2.05, 4.69) is 0 Å². The monoisotopic (exact) mass is 309 g/mol. The van der Waals surface area contributed by atoms with E-state index in [1.165, 1.54) is 12.1 Å². The van der Waals surface area contributed by atoms with Gasteiger partial charge in [0, 0.05) is 0 Å². The first-order valence-electron chi connectivity index (χ1n) is 5.57. The highest BCUT2D eigenvalue weighted by Gasteiger charge is 2.22. The van der Waals surface area contributed by atoms with Crippen LogP contribution in [-0.2, 0) is 10.0 Å². The first-order valence-corrected chi connectivity index (χ1v) is 7.87. The van der Waals surface area contributed by atoms with Crippen molar-refractivity contribution < 1.29 is 13.2 Å². The molecule has 0 atom stereocenters. The second-order valence-electron chi connectivity index (χ2n) is 4.26. The van der Waals surface area contributed by atoms with Crippen LogP contribution in [0.15, 0.2) is 17.0 Å². The molecule has 4 nitrogen and oxygen atoms in total. The molecule has 1 aromatic rings. The van der Waals surface area contributed by atoms with Gasteiger partial charge in [-0.2, -0.15) is 0 Å². The molecule has 1 aromatic carbocycles. The standard InChI is InChI=1S/C11H13Cl2NO3S/c12-10-8(17-7-3-1-2-4-7)5-6-9(11(10)13)18(14,15)16/h5-7H,1-4H2,(H2,14,15,16). The van der Waals surface area contributed by atoms with Gasteiger partial charge in [0.05, 0.1) is 11.1 Å². The van der Waals surface area contributed by atoms with Crippen LogP contribution >= 0.6 is 23.2 Å². The summed E-state index contributed by atoms with van der Waals surface area (Å²) >= 11 is 11.9. The average molecular weight is 310 g/mol. The summed E-state index contributed by atoms with van der Waals surface area (Å²) in [6.07, 6.45) is 4.34. The SMILES string of the molecule is NS(=O)(=O)c1ccc(OC2CCCC2)c(Cl)c1Cl. The zero-order valence-corrected chi connectivity index (χ0v) is 11.9. The normalized spacial score (nSPS) is 17.1. The third kappa shape index (κ3) is 2.91. The molecule has 7 heteroatoms. The molecule has 2 N–H and O–H groups in total. The second-order valence-corrected chi connectivity index (χ2v) is 6.54. The first-order chi connectivity index (χ1) is 8.39. The lowest BCUT2D eigenvalue weighted by Gasteiger charge is -2.15. The summed E-state index contributed by atoms with van der Waals surface area (Å²) in [7, 11) is -3.87. The van der Waals surface area contributed by atoms with Crippen LogP contribution in [0.2, 0.25) is 10.0 Å². The van der Waals surface area contributed by atoms with Gasteiger partial charge in [-0.15, -0.1) is 0 Å². The van der Waals surface area contributed by atoms with E-state index < -0.39 is 10.0 Å². The van der Waals surface area contributed by atoms with Gasteiger partial charge in [-0.1, -0.05) is 23.2 Å². The summed E-state index contributed by atoms with van der Waals surface area (Å²) in [6, 6.07) is 2.81. The molecule has 18 heavy (non-hydrogen) atoms. The fraction of sp³-hybridized carbons (Fsp3) is 0.455. The summed E-state index contributed by atoms with van der Waals surface area (Å²) < 4.78 is 28.2. The molecule has 0 unspecified atom stereocenters. The quantitative estimate of drug-likeness (QED) is 0.933. The summed E-state index contributed by atoms with van der Waals surface area (Å²) in [5.41, 5.74) is 0. The predicted molar refractivity (Wildman–Crippen MR) is 70.7 cm³/mol. The summed E-state index contributed by atoms with van der Waals surface area (Å²) in [6.45, 7) is 0. The lowest BCUT2D eigenvalue weighted by atomic mass is 10.3. The fourth-order valence-electron chi connectivity index (χ4n) is 2.01. The Morgan fingerprint density at radius 3 is 2.33 bits per heavy atom. The molecule has 2 rings (SSSR count). The maximum absolute atomic E-state index is 11.3. The topological polar surface area (TPSA) is 69.4 Å². The minimum absolute atomic E-state index is 0.0883. The highest BCUT2D eigenvalue weighted by Crippen LogP contribution is 2.38. The van der Waals surface area contributed by atoms with Gasteiger partial charge in [-0.3, -0.25) is 0 Å². The molecular weight excluding hydrogens is 297 g/mol. The lowest BCUT2D eigenvalue weighted by molar-refractivity contribution is 0.210. The Hall–Kier alpha value is -0.490. The van der Waals surface area contributed by atoms with Crippen molar-refractivity contribution >= 4 is 33.2 Å². The van der Waals surface area contributed by atoms with Crippen molar-refractivity contribution in [2.24, 2.45) is 5.14 Å². The van der Waals surface area contributed by atoms with Crippen molar-refractivity contribution in [1.29, 1.82) is 0 Å². The molecule has 0 radical (unpaired) electrons. The molecule has 100 valence electrons. The van der Waals surface area contributed by atoms with E-state index in [4.69, 9.17) is 33.1 Å². The van der Waals surface area contributed by atoms with E-state index in [0.717, 1.165) is 25.7 Å². The van der Waals surface area contributed by atoms with Crippen LogP contribution < -0.4 is 9.88 Å². The Balaban J connectivity index is 2.31. The molecule has 0 aromatic heterocycles. The van der Waals surface area contributed by atoms with Gasteiger partial charge in [0.25, 0.3) is 0 Å². The third-order valence-corrected chi connectivity index (χ3v) is 4.84. The Kier molecular flexibility index (Phi) is 4.06. The van der Waals surface area contributed by atoms with E-state index >= 15 is 0 Å². The number of benzene rings is 1. The van der Waals surface area contributed by atoms with Crippen LogP contribution in [0.1, 0.15) is 25.7 Å². The van der Waals surface area contributed by atoms with E-state index in [-0.39, 0.29) is 21.0 Å². The average Bonchev–Trinajstić information content (AvgIpc) is 2.76. The maximum atomic E-state index is 11.3. The highest BCUT2D eigenvalue weighted by atomic mass is 35.5. The van der Waals surface area contributed by atoms with E-state index in [1.807, 2.05) is 0 Å². The van der Waals surface area contributed by atoms with Crippen molar-refractivity contribution in [3.05, 3.63) is 22.2 Å². The Labute approximate surface area is 116 Å². The van der Waals surface area contributed by atoms with Crippen molar-refractivity contribution in [3.63, 3.8) is 0 Å². The number of hydrogen-bond acceptors (Lipinski definition) is 3. The zero-order chi connectivity index (χ0) is 13.3. The van der Waals surface area contributed by atoms with Gasteiger partial charge in [-0.25, -0.2) is 13.6 Å². The van der Waals surface area contributed by atoms with Crippen molar-refractivity contribution in [1.82, 2.24) is 0 Å². The van der Waals surface area contributed by atoms with Gasteiger partial charge < -0.3 is 4.74 Å². The molecular formula is C11H13Cl2NO3S. The van der Waals surface area contributed by atoms with Gasteiger partial charge in [0.1, 0.15) is 15.7 Å². The van der Waals surface area contributed by atoms with Crippen LogP contribution in [0.5, 0.6) is 5.75 Å². The largest absolute Gasteiger partial charge is 0.489 e. The number of rotatable bonds is 3. The van der Waals surface area contributed by atoms with Gasteiger partial charge >= 0.3 is 0 Å². The highest BCUT2D eigenvalue weighted by molar-refractivity contribution is 7.89. The number of primary sulfonamides is 1. The van der Waals surface area contributed by atoms with Crippen LogP contribution in [-0.4, -0.2) is 14.5 Å². The second kappa shape index (κ2) is 5.25. The number of halogens is 2.